The molecule has 3 rings (SSSR count). The zero-order valence-corrected chi connectivity index (χ0v) is 13.7. The monoisotopic (exact) mass is 355 g/mol. The Morgan fingerprint density at radius 1 is 1.18 bits per heavy atom. The maximum Gasteiger partial charge on any atom is 0.414 e. The lowest BCUT2D eigenvalue weighted by molar-refractivity contribution is 0.117. The predicted molar refractivity (Wildman–Crippen MR) is 90.2 cm³/mol. The molecule has 0 aliphatic carbocycles. The molecule has 1 heterocycles. The maximum absolute atomic E-state index is 12.1. The van der Waals surface area contributed by atoms with Crippen molar-refractivity contribution in [1.82, 2.24) is 4.90 Å². The first-order valence-electron chi connectivity index (χ1n) is 6.63. The van der Waals surface area contributed by atoms with Gasteiger partial charge < -0.3 is 4.74 Å². The van der Waals surface area contributed by atoms with Gasteiger partial charge in [-0.2, -0.15) is 0 Å². The highest BCUT2D eigenvalue weighted by Gasteiger charge is 2.25. The maximum atomic E-state index is 12.1. The fraction of sp³-hybridized carbons (Fsp3) is 0.188. The van der Waals surface area contributed by atoms with Crippen molar-refractivity contribution in [2.75, 3.05) is 6.61 Å². The molecule has 0 aromatic heterocycles. The van der Waals surface area contributed by atoms with E-state index in [1.807, 2.05) is 36.4 Å². The Balaban J connectivity index is 1.84. The standard InChI is InChI=1S/C16H12Cl3NO2/c17-16(18,19)10-22-15(21)20-8-7-12-6-5-11-3-1-2-4-13(11)14(12)9-20/h1-8H,9-10H2. The summed E-state index contributed by atoms with van der Waals surface area (Å²) >= 11 is 16.8. The lowest BCUT2D eigenvalue weighted by Crippen LogP contribution is -2.30. The van der Waals surface area contributed by atoms with Gasteiger partial charge in [-0.3, -0.25) is 4.90 Å². The largest absolute Gasteiger partial charge is 0.445 e. The average molecular weight is 357 g/mol. The summed E-state index contributed by atoms with van der Waals surface area (Å²) < 4.78 is 3.40. The summed E-state index contributed by atoms with van der Waals surface area (Å²) in [5, 5.41) is 2.25. The summed E-state index contributed by atoms with van der Waals surface area (Å²) in [4.78, 5) is 13.5. The zero-order chi connectivity index (χ0) is 15.7. The lowest BCUT2D eigenvalue weighted by Gasteiger charge is -2.25. The van der Waals surface area contributed by atoms with Crippen molar-refractivity contribution in [2.24, 2.45) is 0 Å². The second kappa shape index (κ2) is 5.99. The summed E-state index contributed by atoms with van der Waals surface area (Å²) in [6, 6.07) is 12.2. The molecule has 6 heteroatoms. The van der Waals surface area contributed by atoms with E-state index in [1.165, 1.54) is 4.90 Å². The average Bonchev–Trinajstić information content (AvgIpc) is 2.51. The van der Waals surface area contributed by atoms with Crippen LogP contribution in [0.25, 0.3) is 16.8 Å². The molecule has 1 aliphatic rings. The van der Waals surface area contributed by atoms with Crippen LogP contribution in [0.1, 0.15) is 11.1 Å². The van der Waals surface area contributed by atoms with Gasteiger partial charge in [0, 0.05) is 6.20 Å². The number of hydrogen-bond donors (Lipinski definition) is 0. The lowest BCUT2D eigenvalue weighted by atomic mass is 9.97. The van der Waals surface area contributed by atoms with Gasteiger partial charge in [0.15, 0.2) is 0 Å². The van der Waals surface area contributed by atoms with Crippen LogP contribution in [-0.2, 0) is 11.3 Å². The molecule has 0 bridgehead atoms. The van der Waals surface area contributed by atoms with Gasteiger partial charge in [0.1, 0.15) is 6.61 Å². The van der Waals surface area contributed by atoms with E-state index < -0.39 is 9.89 Å². The minimum atomic E-state index is -1.61. The number of alkyl halides is 3. The molecule has 0 unspecified atom stereocenters. The van der Waals surface area contributed by atoms with Crippen LogP contribution in [0.15, 0.2) is 42.6 Å². The Hall–Kier alpha value is -1.42. The molecule has 0 spiro atoms. The summed E-state index contributed by atoms with van der Waals surface area (Å²) in [5.74, 6) is 0. The summed E-state index contributed by atoms with van der Waals surface area (Å²) in [7, 11) is 0. The van der Waals surface area contributed by atoms with Crippen LogP contribution in [0, 0.1) is 0 Å². The van der Waals surface area contributed by atoms with E-state index in [1.54, 1.807) is 6.20 Å². The fourth-order valence-electron chi connectivity index (χ4n) is 2.43. The Morgan fingerprint density at radius 2 is 1.95 bits per heavy atom. The third kappa shape index (κ3) is 3.32. The molecule has 0 radical (unpaired) electrons. The summed E-state index contributed by atoms with van der Waals surface area (Å²) in [6.07, 6.45) is 3.01. The van der Waals surface area contributed by atoms with Gasteiger partial charge in [0.05, 0.1) is 6.54 Å². The van der Waals surface area contributed by atoms with E-state index in [-0.39, 0.29) is 6.61 Å². The van der Waals surface area contributed by atoms with Gasteiger partial charge in [-0.25, -0.2) is 4.79 Å². The molecule has 2 aromatic carbocycles. The van der Waals surface area contributed by atoms with Crippen LogP contribution in [0.3, 0.4) is 0 Å². The number of ether oxygens (including phenoxy) is 1. The second-order valence-electron chi connectivity index (χ2n) is 4.97. The molecule has 1 amide bonds. The molecular weight excluding hydrogens is 345 g/mol. The molecule has 1 aliphatic heterocycles. The SMILES string of the molecule is O=C(OCC(Cl)(Cl)Cl)N1C=Cc2ccc3ccccc3c2C1. The van der Waals surface area contributed by atoms with Crippen LogP contribution < -0.4 is 0 Å². The molecule has 22 heavy (non-hydrogen) atoms. The van der Waals surface area contributed by atoms with Gasteiger partial charge in [-0.05, 0) is 28.0 Å². The first-order valence-corrected chi connectivity index (χ1v) is 7.76. The highest BCUT2D eigenvalue weighted by Crippen LogP contribution is 2.29. The fourth-order valence-corrected chi connectivity index (χ4v) is 2.59. The number of rotatable bonds is 1. The van der Waals surface area contributed by atoms with Gasteiger partial charge in [-0.15, -0.1) is 0 Å². The number of amides is 1. The molecular formula is C16H12Cl3NO2. The van der Waals surface area contributed by atoms with E-state index in [2.05, 4.69) is 6.07 Å². The second-order valence-corrected chi connectivity index (χ2v) is 7.48. The molecule has 0 fully saturated rings. The number of nitrogens with zero attached hydrogens (tertiary/aromatic N) is 1. The van der Waals surface area contributed by atoms with Gasteiger partial charge >= 0.3 is 6.09 Å². The van der Waals surface area contributed by atoms with Crippen molar-refractivity contribution >= 4 is 57.7 Å². The highest BCUT2D eigenvalue weighted by atomic mass is 35.6. The third-order valence-corrected chi connectivity index (χ3v) is 3.76. The molecule has 114 valence electrons. The smallest absolute Gasteiger partial charge is 0.414 e. The molecule has 0 saturated carbocycles. The van der Waals surface area contributed by atoms with Crippen molar-refractivity contribution in [1.29, 1.82) is 0 Å². The van der Waals surface area contributed by atoms with Crippen LogP contribution in [0.2, 0.25) is 0 Å². The Kier molecular flexibility index (Phi) is 4.22. The quantitative estimate of drug-likeness (QED) is 0.663. The predicted octanol–water partition coefficient (Wildman–Crippen LogP) is 5.13. The van der Waals surface area contributed by atoms with Crippen molar-refractivity contribution in [3.63, 3.8) is 0 Å². The van der Waals surface area contributed by atoms with Crippen LogP contribution in [-0.4, -0.2) is 21.4 Å². The topological polar surface area (TPSA) is 29.5 Å². The number of fused-ring (bicyclic) bond motifs is 3. The van der Waals surface area contributed by atoms with Crippen LogP contribution >= 0.6 is 34.8 Å². The summed E-state index contributed by atoms with van der Waals surface area (Å²) in [5.41, 5.74) is 2.16. The number of halogens is 3. The van der Waals surface area contributed by atoms with Gasteiger partial charge in [0.25, 0.3) is 0 Å². The molecule has 3 nitrogen and oxygen atoms in total. The Labute approximate surface area is 143 Å². The normalized spacial score (nSPS) is 14.0. The van der Waals surface area contributed by atoms with Crippen molar-refractivity contribution in [3.8, 4) is 0 Å². The molecule has 0 saturated heterocycles. The Bertz CT molecular complexity index is 753. The van der Waals surface area contributed by atoms with Gasteiger partial charge in [-0.1, -0.05) is 71.2 Å². The highest BCUT2D eigenvalue weighted by molar-refractivity contribution is 6.67. The van der Waals surface area contributed by atoms with Crippen LogP contribution in [0.5, 0.6) is 0 Å². The van der Waals surface area contributed by atoms with Crippen molar-refractivity contribution in [3.05, 3.63) is 53.7 Å². The van der Waals surface area contributed by atoms with E-state index in [4.69, 9.17) is 39.5 Å². The molecule has 2 aromatic rings. The van der Waals surface area contributed by atoms with Crippen molar-refractivity contribution < 1.29 is 9.53 Å². The third-order valence-electron chi connectivity index (χ3n) is 3.43. The number of carbonyl (C=O) groups is 1. The number of benzene rings is 2. The van der Waals surface area contributed by atoms with E-state index >= 15 is 0 Å². The first-order chi connectivity index (χ1) is 10.4. The zero-order valence-electron chi connectivity index (χ0n) is 11.4. The number of hydrogen-bond acceptors (Lipinski definition) is 2. The molecule has 0 atom stereocenters. The minimum absolute atomic E-state index is 0.288. The van der Waals surface area contributed by atoms with Crippen molar-refractivity contribution in [2.45, 2.75) is 10.3 Å². The Morgan fingerprint density at radius 3 is 2.73 bits per heavy atom. The molecule has 0 N–H and O–H groups in total. The van der Waals surface area contributed by atoms with E-state index in [9.17, 15) is 4.79 Å². The van der Waals surface area contributed by atoms with Gasteiger partial charge in [0.2, 0.25) is 3.79 Å². The first kappa shape index (κ1) is 15.5. The number of carbonyl (C=O) groups excluding carboxylic acids is 1. The van der Waals surface area contributed by atoms with E-state index in [0.717, 1.165) is 21.9 Å². The van der Waals surface area contributed by atoms with E-state index in [0.29, 0.717) is 6.54 Å². The van der Waals surface area contributed by atoms with Crippen LogP contribution in [0.4, 0.5) is 4.79 Å². The summed E-state index contributed by atoms with van der Waals surface area (Å²) in [6.45, 7) is 0.134. The minimum Gasteiger partial charge on any atom is -0.445 e.